The lowest BCUT2D eigenvalue weighted by Gasteiger charge is -2.19. The van der Waals surface area contributed by atoms with E-state index in [4.69, 9.17) is 14.2 Å². The van der Waals surface area contributed by atoms with E-state index in [0.717, 1.165) is 44.9 Å². The zero-order chi connectivity index (χ0) is 25.3. The molecule has 0 aliphatic heterocycles. The predicted molar refractivity (Wildman–Crippen MR) is 134 cm³/mol. The molecule has 0 N–H and O–H groups in total. The molecule has 0 radical (unpaired) electrons. The van der Waals surface area contributed by atoms with E-state index in [9.17, 15) is 14.4 Å². The molecular weight excluding hydrogens is 432 g/mol. The summed E-state index contributed by atoms with van der Waals surface area (Å²) in [5.41, 5.74) is 0.835. The second-order valence-electron chi connectivity index (χ2n) is 8.85. The highest BCUT2D eigenvalue weighted by Gasteiger charge is 2.34. The number of esters is 1. The van der Waals surface area contributed by atoms with Crippen LogP contribution in [-0.2, 0) is 28.6 Å². The van der Waals surface area contributed by atoms with E-state index in [1.54, 1.807) is 6.92 Å². The normalized spacial score (nSPS) is 14.7. The molecule has 1 aliphatic carbocycles. The first-order valence-electron chi connectivity index (χ1n) is 12.9. The number of carbonyl (C=O) groups is 3. The Morgan fingerprint density at radius 1 is 0.735 bits per heavy atom. The van der Waals surface area contributed by atoms with Crippen LogP contribution < -0.4 is 0 Å². The summed E-state index contributed by atoms with van der Waals surface area (Å²) in [6.07, 6.45) is 15.2. The van der Waals surface area contributed by atoms with Gasteiger partial charge in [-0.3, -0.25) is 9.59 Å². The maximum atomic E-state index is 13.0. The van der Waals surface area contributed by atoms with Gasteiger partial charge in [-0.25, -0.2) is 4.79 Å². The average molecular weight is 477 g/mol. The third-order valence-corrected chi connectivity index (χ3v) is 6.13. The van der Waals surface area contributed by atoms with Gasteiger partial charge in [0.05, 0.1) is 20.8 Å². The Hall–Kier alpha value is -2.37. The predicted octanol–water partition coefficient (Wildman–Crippen LogP) is 6.54. The van der Waals surface area contributed by atoms with Crippen LogP contribution in [0.2, 0.25) is 0 Å². The summed E-state index contributed by atoms with van der Waals surface area (Å²) in [6, 6.07) is 0. The lowest BCUT2D eigenvalue weighted by atomic mass is 9.90. The SMILES string of the molecule is CCCCCCCCC/C(=C/C1=C(C)C(=O)C(OC)=C(OC)C1=O)C(=O)OCCCCCCC. The number of Topliss-reactive ketones (excluding diaryl/α,β-unsaturated/α-hetero) is 2. The van der Waals surface area contributed by atoms with Crippen molar-refractivity contribution in [3.05, 3.63) is 34.3 Å². The fourth-order valence-electron chi connectivity index (χ4n) is 3.98. The Kier molecular flexibility index (Phi) is 14.9. The van der Waals surface area contributed by atoms with E-state index >= 15 is 0 Å². The van der Waals surface area contributed by atoms with Gasteiger partial charge in [-0.15, -0.1) is 0 Å². The Morgan fingerprint density at radius 3 is 1.79 bits per heavy atom. The van der Waals surface area contributed by atoms with Crippen molar-refractivity contribution < 1.29 is 28.6 Å². The van der Waals surface area contributed by atoms with Gasteiger partial charge in [-0.2, -0.15) is 0 Å². The van der Waals surface area contributed by atoms with Gasteiger partial charge in [-0.05, 0) is 32.3 Å². The first kappa shape index (κ1) is 29.7. The Morgan fingerprint density at radius 2 is 1.24 bits per heavy atom. The molecule has 192 valence electrons. The first-order chi connectivity index (χ1) is 16.4. The monoisotopic (exact) mass is 476 g/mol. The van der Waals surface area contributed by atoms with E-state index in [1.807, 2.05) is 0 Å². The molecule has 0 fully saturated rings. The average Bonchev–Trinajstić information content (AvgIpc) is 2.83. The topological polar surface area (TPSA) is 78.9 Å². The number of carbonyl (C=O) groups excluding carboxylic acids is 3. The molecule has 0 saturated heterocycles. The van der Waals surface area contributed by atoms with Crippen molar-refractivity contribution in [1.82, 2.24) is 0 Å². The summed E-state index contributed by atoms with van der Waals surface area (Å²) in [6.45, 7) is 6.29. The molecule has 0 unspecified atom stereocenters. The van der Waals surface area contributed by atoms with E-state index < -0.39 is 17.5 Å². The molecule has 0 aromatic carbocycles. The molecule has 1 aliphatic rings. The second-order valence-corrected chi connectivity index (χ2v) is 8.85. The quantitative estimate of drug-likeness (QED) is 0.0967. The summed E-state index contributed by atoms with van der Waals surface area (Å²) < 4.78 is 15.8. The van der Waals surface area contributed by atoms with Gasteiger partial charge < -0.3 is 14.2 Å². The number of hydrogen-bond acceptors (Lipinski definition) is 6. The molecule has 0 spiro atoms. The number of rotatable bonds is 18. The molecule has 0 atom stereocenters. The van der Waals surface area contributed by atoms with E-state index in [2.05, 4.69) is 13.8 Å². The van der Waals surface area contributed by atoms with Crippen molar-refractivity contribution in [1.29, 1.82) is 0 Å². The molecule has 0 bridgehead atoms. The van der Waals surface area contributed by atoms with Gasteiger partial charge >= 0.3 is 5.97 Å². The van der Waals surface area contributed by atoms with E-state index in [1.165, 1.54) is 52.4 Å². The van der Waals surface area contributed by atoms with Crippen LogP contribution in [0.25, 0.3) is 0 Å². The van der Waals surface area contributed by atoms with Crippen LogP contribution in [-0.4, -0.2) is 38.4 Å². The third-order valence-electron chi connectivity index (χ3n) is 6.13. The van der Waals surface area contributed by atoms with Gasteiger partial charge in [0.1, 0.15) is 0 Å². The third kappa shape index (κ3) is 9.47. The van der Waals surface area contributed by atoms with Gasteiger partial charge in [0, 0.05) is 16.7 Å². The summed E-state index contributed by atoms with van der Waals surface area (Å²) in [4.78, 5) is 38.6. The lowest BCUT2D eigenvalue weighted by Crippen LogP contribution is -2.25. The Bertz CT molecular complexity index is 772. The Balaban J connectivity index is 2.95. The van der Waals surface area contributed by atoms with Gasteiger partial charge in [-0.1, -0.05) is 78.1 Å². The zero-order valence-corrected chi connectivity index (χ0v) is 21.9. The van der Waals surface area contributed by atoms with Crippen LogP contribution in [0.3, 0.4) is 0 Å². The van der Waals surface area contributed by atoms with Gasteiger partial charge in [0.15, 0.2) is 0 Å². The molecule has 0 aromatic heterocycles. The van der Waals surface area contributed by atoms with Crippen LogP contribution in [0.1, 0.15) is 104 Å². The van der Waals surface area contributed by atoms with Crippen LogP contribution in [0.4, 0.5) is 0 Å². The van der Waals surface area contributed by atoms with Crippen molar-refractivity contribution in [2.75, 3.05) is 20.8 Å². The van der Waals surface area contributed by atoms with Crippen LogP contribution in [0.15, 0.2) is 34.3 Å². The van der Waals surface area contributed by atoms with Crippen molar-refractivity contribution in [2.45, 2.75) is 104 Å². The summed E-state index contributed by atoms with van der Waals surface area (Å²) in [5, 5.41) is 0. The van der Waals surface area contributed by atoms with Crippen LogP contribution >= 0.6 is 0 Å². The molecule has 34 heavy (non-hydrogen) atoms. The van der Waals surface area contributed by atoms with E-state index in [0.29, 0.717) is 18.6 Å². The standard InChI is InChI=1S/C28H44O6/c1-6-8-10-12-13-14-16-18-22(28(31)34-19-17-15-11-9-7-2)20-23-21(3)24(29)26(32-4)27(33-5)25(23)30/h20H,6-19H2,1-5H3/b22-20-. The smallest absolute Gasteiger partial charge is 0.334 e. The molecule has 0 saturated carbocycles. The van der Waals surface area contributed by atoms with Crippen LogP contribution in [0, 0.1) is 0 Å². The molecule has 1 rings (SSSR count). The minimum Gasteiger partial charge on any atom is -0.489 e. The minimum atomic E-state index is -0.458. The van der Waals surface area contributed by atoms with E-state index in [-0.39, 0.29) is 22.7 Å². The molecular formula is C28H44O6. The first-order valence-corrected chi connectivity index (χ1v) is 12.9. The highest BCUT2D eigenvalue weighted by molar-refractivity contribution is 6.24. The largest absolute Gasteiger partial charge is 0.489 e. The summed E-state index contributed by atoms with van der Waals surface area (Å²) >= 11 is 0. The molecule has 0 amide bonds. The summed E-state index contributed by atoms with van der Waals surface area (Å²) in [5.74, 6) is -1.53. The maximum absolute atomic E-state index is 13.0. The molecule has 6 nitrogen and oxygen atoms in total. The number of ketones is 2. The van der Waals surface area contributed by atoms with Crippen LogP contribution in [0.5, 0.6) is 0 Å². The number of allylic oxidation sites excluding steroid dienone is 3. The molecule has 0 aromatic rings. The van der Waals surface area contributed by atoms with Crippen molar-refractivity contribution in [3.63, 3.8) is 0 Å². The Labute approximate surface area is 205 Å². The summed E-state index contributed by atoms with van der Waals surface area (Å²) in [7, 11) is 2.66. The number of hydrogen-bond donors (Lipinski definition) is 0. The van der Waals surface area contributed by atoms with Crippen molar-refractivity contribution in [2.24, 2.45) is 0 Å². The van der Waals surface area contributed by atoms with Crippen molar-refractivity contribution >= 4 is 17.5 Å². The van der Waals surface area contributed by atoms with Gasteiger partial charge in [0.25, 0.3) is 0 Å². The molecule has 0 heterocycles. The highest BCUT2D eigenvalue weighted by Crippen LogP contribution is 2.28. The molecule has 6 heteroatoms. The fraction of sp³-hybridized carbons (Fsp3) is 0.679. The minimum absolute atomic E-state index is 0.106. The fourth-order valence-corrected chi connectivity index (χ4v) is 3.98. The van der Waals surface area contributed by atoms with Gasteiger partial charge in [0.2, 0.25) is 23.1 Å². The number of methoxy groups -OCH3 is 2. The van der Waals surface area contributed by atoms with Crippen molar-refractivity contribution in [3.8, 4) is 0 Å². The number of unbranched alkanes of at least 4 members (excludes halogenated alkanes) is 10. The number of ether oxygens (including phenoxy) is 3. The highest BCUT2D eigenvalue weighted by atomic mass is 16.5. The maximum Gasteiger partial charge on any atom is 0.334 e. The zero-order valence-electron chi connectivity index (χ0n) is 21.9. The second kappa shape index (κ2) is 17.1. The lowest BCUT2D eigenvalue weighted by molar-refractivity contribution is -0.139.